The summed E-state index contributed by atoms with van der Waals surface area (Å²) in [4.78, 5) is 0. The molecule has 0 saturated carbocycles. The van der Waals surface area contributed by atoms with Gasteiger partial charge < -0.3 is 0 Å². The average Bonchev–Trinajstić information content (AvgIpc) is 2.37. The smallest absolute Gasteiger partial charge is 0.0622 e. The lowest BCUT2D eigenvalue weighted by molar-refractivity contribution is 1.24. The molecule has 0 atom stereocenters. The van der Waals surface area contributed by atoms with Gasteiger partial charge in [0.05, 0.1) is 0 Å². The fourth-order valence-electron chi connectivity index (χ4n) is 1.85. The molecule has 0 fully saturated rings. The second-order valence-electron chi connectivity index (χ2n) is 4.35. The van der Waals surface area contributed by atoms with Crippen molar-refractivity contribution in [1.82, 2.24) is 0 Å². The molecule has 6 heteroatoms. The Hall–Kier alpha value is 1.32. The van der Waals surface area contributed by atoms with Crippen LogP contribution < -0.4 is 0 Å². The van der Waals surface area contributed by atoms with Crippen molar-refractivity contribution < 1.29 is 0 Å². The van der Waals surface area contributed by atoms with Gasteiger partial charge in [0, 0.05) is 6.42 Å². The molecule has 2 rings (SSSR count). The van der Waals surface area contributed by atoms with Crippen molar-refractivity contribution in [3.8, 4) is 0 Å². The monoisotopic (exact) mass is 663 g/mol. The Balaban J connectivity index is 2.49. The molecule has 0 amide bonds. The molecule has 21 heavy (non-hydrogen) atoms. The van der Waals surface area contributed by atoms with Crippen LogP contribution in [0.4, 0.5) is 0 Å². The third kappa shape index (κ3) is 5.42. The summed E-state index contributed by atoms with van der Waals surface area (Å²) in [6, 6.07) is 16.5. The van der Waals surface area contributed by atoms with Crippen molar-refractivity contribution in [2.45, 2.75) is 4.29 Å². The van der Waals surface area contributed by atoms with Crippen LogP contribution in [0.3, 0.4) is 0 Å². The van der Waals surface area contributed by atoms with E-state index in [1.807, 2.05) is 18.2 Å². The van der Waals surface area contributed by atoms with Gasteiger partial charge >= 0.3 is 0 Å². The maximum absolute atomic E-state index is 3.60. The van der Waals surface area contributed by atoms with Gasteiger partial charge in [0.25, 0.3) is 0 Å². The molecule has 0 aliphatic heterocycles. The lowest BCUT2D eigenvalue weighted by Gasteiger charge is -2.21. The number of halogens is 6. The molecular formula is C15H9Br6. The summed E-state index contributed by atoms with van der Waals surface area (Å²) in [5, 5.41) is 0. The van der Waals surface area contributed by atoms with E-state index in [1.54, 1.807) is 0 Å². The number of rotatable bonds is 2. The van der Waals surface area contributed by atoms with Crippen molar-refractivity contribution >= 4 is 95.6 Å². The van der Waals surface area contributed by atoms with Gasteiger partial charge in [-0.05, 0) is 22.3 Å². The van der Waals surface area contributed by atoms with Crippen LogP contribution in [0.5, 0.6) is 0 Å². The summed E-state index contributed by atoms with van der Waals surface area (Å²) < 4.78 is -0.891. The van der Waals surface area contributed by atoms with Crippen LogP contribution in [-0.2, 0) is 4.29 Å². The summed E-state index contributed by atoms with van der Waals surface area (Å²) >= 11 is 21.5. The van der Waals surface area contributed by atoms with Crippen molar-refractivity contribution in [1.29, 1.82) is 0 Å². The van der Waals surface area contributed by atoms with Crippen molar-refractivity contribution in [3.63, 3.8) is 0 Å². The quantitative estimate of drug-likeness (QED) is 0.286. The minimum Gasteiger partial charge on any atom is -0.0622 e. The van der Waals surface area contributed by atoms with E-state index in [0.717, 1.165) is 22.3 Å². The summed E-state index contributed by atoms with van der Waals surface area (Å²) in [5.41, 5.74) is 4.42. The molecule has 111 valence electrons. The zero-order valence-corrected chi connectivity index (χ0v) is 20.0. The number of alkyl halides is 6. The highest BCUT2D eigenvalue weighted by Crippen LogP contribution is 2.49. The summed E-state index contributed by atoms with van der Waals surface area (Å²) in [5.74, 6) is 0. The molecule has 0 nitrogen and oxygen atoms in total. The molecule has 2 aromatic rings. The first kappa shape index (κ1) is 18.7. The minimum absolute atomic E-state index is 0.432. The van der Waals surface area contributed by atoms with Crippen LogP contribution >= 0.6 is 95.6 Å². The maximum Gasteiger partial charge on any atom is 0.160 e. The van der Waals surface area contributed by atoms with Gasteiger partial charge in [-0.25, -0.2) is 0 Å². The molecule has 0 aliphatic rings. The van der Waals surface area contributed by atoms with Crippen LogP contribution in [0.2, 0.25) is 0 Å². The fraction of sp³-hybridized carbons (Fsp3) is 0.133. The number of hydrogen-bond donors (Lipinski definition) is 0. The van der Waals surface area contributed by atoms with Crippen LogP contribution in [0.25, 0.3) is 0 Å². The van der Waals surface area contributed by atoms with Gasteiger partial charge in [-0.15, -0.1) is 0 Å². The fourth-order valence-corrected chi connectivity index (χ4v) is 3.67. The zero-order valence-electron chi connectivity index (χ0n) is 10.5. The van der Waals surface area contributed by atoms with E-state index < -0.39 is 4.29 Å². The molecule has 0 heterocycles. The van der Waals surface area contributed by atoms with E-state index in [0.29, 0.717) is 0 Å². The number of hydrogen-bond acceptors (Lipinski definition) is 0. The molecule has 0 spiro atoms. The molecule has 0 aromatic heterocycles. The van der Waals surface area contributed by atoms with E-state index in [-0.39, 0.29) is 0 Å². The van der Waals surface area contributed by atoms with Crippen molar-refractivity contribution in [3.05, 3.63) is 77.2 Å². The molecule has 0 aliphatic carbocycles. The predicted octanol–water partition coefficient (Wildman–Crippen LogP) is 7.88. The summed E-state index contributed by atoms with van der Waals surface area (Å²) in [6.45, 7) is 0. The zero-order chi connectivity index (χ0) is 15.7. The second-order valence-corrected chi connectivity index (χ2v) is 17.9. The Morgan fingerprint density at radius 1 is 0.714 bits per heavy atom. The summed E-state index contributed by atoms with van der Waals surface area (Å²) in [7, 11) is 0. The van der Waals surface area contributed by atoms with Crippen LogP contribution in [0.1, 0.15) is 22.3 Å². The van der Waals surface area contributed by atoms with Gasteiger partial charge in [-0.1, -0.05) is 144 Å². The summed E-state index contributed by atoms with van der Waals surface area (Å²) in [6.07, 6.45) is 2.15. The van der Waals surface area contributed by atoms with Gasteiger partial charge in [0.2, 0.25) is 0 Å². The van der Waals surface area contributed by atoms with Crippen LogP contribution in [-0.4, -0.2) is 0 Å². The Morgan fingerprint density at radius 2 is 1.33 bits per heavy atom. The highest BCUT2D eigenvalue weighted by molar-refractivity contribution is 9.39. The first-order chi connectivity index (χ1) is 9.68. The largest absolute Gasteiger partial charge is 0.160 e. The van der Waals surface area contributed by atoms with E-state index >= 15 is 0 Å². The maximum atomic E-state index is 3.60. The predicted molar refractivity (Wildman–Crippen MR) is 112 cm³/mol. The topological polar surface area (TPSA) is 0 Å². The number of benzene rings is 2. The Morgan fingerprint density at radius 3 is 1.86 bits per heavy atom. The van der Waals surface area contributed by atoms with E-state index in [9.17, 15) is 0 Å². The van der Waals surface area contributed by atoms with Gasteiger partial charge in [-0.3, -0.25) is 0 Å². The molecule has 0 bridgehead atoms. The van der Waals surface area contributed by atoms with Crippen LogP contribution in [0, 0.1) is 6.42 Å². The highest BCUT2D eigenvalue weighted by Gasteiger charge is 2.27. The second kappa shape index (κ2) is 7.47. The van der Waals surface area contributed by atoms with E-state index in [1.165, 1.54) is 0 Å². The van der Waals surface area contributed by atoms with Gasteiger partial charge in [-0.2, -0.15) is 0 Å². The molecule has 0 N–H and O–H groups in total. The lowest BCUT2D eigenvalue weighted by Crippen LogP contribution is -2.07. The average molecular weight is 669 g/mol. The highest BCUT2D eigenvalue weighted by atomic mass is 80.0. The Labute approximate surface area is 175 Å². The third-order valence-electron chi connectivity index (χ3n) is 2.81. The van der Waals surface area contributed by atoms with Gasteiger partial charge in [0.1, 0.15) is 0 Å². The normalized spacial score (nSPS) is 12.5. The van der Waals surface area contributed by atoms with Gasteiger partial charge in [0.15, 0.2) is 4.29 Å². The lowest BCUT2D eigenvalue weighted by atomic mass is 9.99. The Bertz CT molecular complexity index is 610. The van der Waals surface area contributed by atoms with Crippen molar-refractivity contribution in [2.75, 3.05) is 0 Å². The minimum atomic E-state index is -0.459. The molecule has 1 radical (unpaired) electrons. The van der Waals surface area contributed by atoms with E-state index in [4.69, 9.17) is 0 Å². The first-order valence-corrected chi connectivity index (χ1v) is 10.6. The standard InChI is InChI=1S/C15H9Br6/c16-14(17,18)12-6-7-13(15(19,20)21)11(9-12)8-10-4-2-1-3-5-10/h1-9H. The molecule has 2 aromatic carbocycles. The Kier molecular flexibility index (Phi) is 6.64. The van der Waals surface area contributed by atoms with E-state index in [2.05, 4.69) is 132 Å². The SMILES string of the molecule is BrC(Br)(Br)c1ccc(C(Br)(Br)Br)c([CH]c2ccccc2)c1. The molecule has 0 unspecified atom stereocenters. The van der Waals surface area contributed by atoms with Crippen LogP contribution in [0.15, 0.2) is 48.5 Å². The van der Waals surface area contributed by atoms with Crippen molar-refractivity contribution in [2.24, 2.45) is 0 Å². The third-order valence-corrected chi connectivity index (χ3v) is 5.46. The first-order valence-electron chi connectivity index (χ1n) is 5.86. The molecular weight excluding hydrogens is 660 g/mol. The molecule has 0 saturated heterocycles.